The number of nitrogens with two attached hydrogens (primary N) is 1. The Morgan fingerprint density at radius 2 is 1.88 bits per heavy atom. The van der Waals surface area contributed by atoms with Crippen LogP contribution in [0.4, 0.5) is 5.95 Å². The van der Waals surface area contributed by atoms with Gasteiger partial charge in [0.25, 0.3) is 0 Å². The van der Waals surface area contributed by atoms with E-state index in [0.717, 1.165) is 54.3 Å². The van der Waals surface area contributed by atoms with E-state index in [1.54, 1.807) is 12.4 Å². The van der Waals surface area contributed by atoms with E-state index in [1.807, 2.05) is 13.0 Å². The summed E-state index contributed by atoms with van der Waals surface area (Å²) in [4.78, 5) is 27.8. The third kappa shape index (κ3) is 7.08. The molecule has 0 saturated carbocycles. The Hall–Kier alpha value is -2.01. The van der Waals surface area contributed by atoms with Crippen molar-refractivity contribution in [3.8, 4) is 0 Å². The predicted octanol–water partition coefficient (Wildman–Crippen LogP) is 1.70. The molecule has 0 unspecified atom stereocenters. The van der Waals surface area contributed by atoms with E-state index in [2.05, 4.69) is 36.8 Å². The van der Waals surface area contributed by atoms with Gasteiger partial charge in [-0.2, -0.15) is 0 Å². The van der Waals surface area contributed by atoms with Crippen molar-refractivity contribution < 1.29 is 9.90 Å². The van der Waals surface area contributed by atoms with Gasteiger partial charge in [0, 0.05) is 0 Å². The summed E-state index contributed by atoms with van der Waals surface area (Å²) in [6.45, 7) is 1.82. The summed E-state index contributed by atoms with van der Waals surface area (Å²) < 4.78 is 0.830. The van der Waals surface area contributed by atoms with Gasteiger partial charge in [-0.3, -0.25) is 4.79 Å². The van der Waals surface area contributed by atoms with Crippen molar-refractivity contribution in [1.29, 1.82) is 0 Å². The third-order valence-electron chi connectivity index (χ3n) is 4.21. The summed E-state index contributed by atoms with van der Waals surface area (Å²) in [5.74, 6) is 0.193. The molecule has 138 valence electrons. The fourth-order valence-corrected chi connectivity index (χ4v) is 3.42. The Morgan fingerprint density at radius 1 is 1.19 bits per heavy atom. The van der Waals surface area contributed by atoms with Crippen molar-refractivity contribution in [1.82, 2.24) is 19.9 Å². The summed E-state index contributed by atoms with van der Waals surface area (Å²) in [5.41, 5.74) is 7.53. The number of aromatic nitrogens is 4. The van der Waals surface area contributed by atoms with Crippen molar-refractivity contribution in [3.05, 3.63) is 35.5 Å². The monoisotopic (exact) mass is 417 g/mol. The molecule has 26 heavy (non-hydrogen) atoms. The van der Waals surface area contributed by atoms with Gasteiger partial charge in [0.1, 0.15) is 5.82 Å². The minimum absolute atomic E-state index is 0.0322. The molecule has 7 nitrogen and oxygen atoms in total. The molecule has 8 heteroatoms. The zero-order valence-corrected chi connectivity index (χ0v) is 16.8. The van der Waals surface area contributed by atoms with Gasteiger partial charge in [-0.05, 0) is 6.92 Å². The first-order valence-electron chi connectivity index (χ1n) is 8.77. The molecule has 0 amide bonds. The van der Waals surface area contributed by atoms with Crippen molar-refractivity contribution >= 4 is 33.3 Å². The summed E-state index contributed by atoms with van der Waals surface area (Å²) in [7, 11) is 0. The van der Waals surface area contributed by atoms with Crippen LogP contribution in [0, 0.1) is 6.92 Å². The Bertz CT molecular complexity index is 704. The van der Waals surface area contributed by atoms with Crippen LogP contribution in [0.1, 0.15) is 61.5 Å². The molecule has 0 aromatic carbocycles. The number of carbonyl (C=O) groups is 1. The summed E-state index contributed by atoms with van der Waals surface area (Å²) in [6, 6.07) is 1.94. The second kappa shape index (κ2) is 10.2. The van der Waals surface area contributed by atoms with E-state index in [1.165, 1.54) is 0 Å². The molecule has 2 rings (SSSR count). The van der Waals surface area contributed by atoms with Crippen LogP contribution >= 0.6 is 0 Å². The second-order valence-corrected chi connectivity index (χ2v) is 7.35. The number of unbranched alkanes of at least 4 members (excludes halogenated alkanes) is 3. The molecule has 2 aromatic rings. The number of nitrogen functional groups attached to an aromatic ring is 1. The normalized spacial score (nSPS) is 12.1. The molecular formula is C18H24AsN5O2. The first-order chi connectivity index (χ1) is 12.4. The van der Waals surface area contributed by atoms with E-state index in [9.17, 15) is 4.79 Å². The number of anilines is 1. The summed E-state index contributed by atoms with van der Waals surface area (Å²) in [5, 5.41) is 9.15. The van der Waals surface area contributed by atoms with Crippen molar-refractivity contribution in [2.24, 2.45) is 0 Å². The second-order valence-electron chi connectivity index (χ2n) is 6.39. The van der Waals surface area contributed by atoms with Crippen LogP contribution in [-0.2, 0) is 11.2 Å². The molecule has 0 aliphatic rings. The van der Waals surface area contributed by atoms with Crippen molar-refractivity contribution in [2.45, 2.75) is 57.8 Å². The summed E-state index contributed by atoms with van der Waals surface area (Å²) >= 11 is 2.38. The van der Waals surface area contributed by atoms with E-state index in [0.29, 0.717) is 11.8 Å². The molecule has 0 saturated heterocycles. The van der Waals surface area contributed by atoms with Crippen LogP contribution in [0.25, 0.3) is 0 Å². The maximum atomic E-state index is 11.1. The van der Waals surface area contributed by atoms with Crippen LogP contribution < -0.4 is 10.2 Å². The zero-order valence-electron chi connectivity index (χ0n) is 14.9. The molecule has 2 aromatic heterocycles. The topological polar surface area (TPSA) is 115 Å². The average Bonchev–Trinajstić information content (AvgIpc) is 2.56. The fraction of sp³-hybridized carbons (Fsp3) is 0.500. The Balaban J connectivity index is 1.75. The molecule has 1 atom stereocenters. The minimum atomic E-state index is -0.786. The number of hydrogen-bond acceptors (Lipinski definition) is 6. The van der Waals surface area contributed by atoms with E-state index in [4.69, 9.17) is 10.8 Å². The quantitative estimate of drug-likeness (QED) is 0.447. The predicted molar refractivity (Wildman–Crippen MR) is 100 cm³/mol. The maximum absolute atomic E-state index is 11.1. The minimum Gasteiger partial charge on any atom is -0.481 e. The molecule has 0 spiro atoms. The van der Waals surface area contributed by atoms with Gasteiger partial charge in [0.05, 0.1) is 0 Å². The molecule has 0 fully saturated rings. The van der Waals surface area contributed by atoms with Gasteiger partial charge in [0.15, 0.2) is 0 Å². The van der Waals surface area contributed by atoms with Gasteiger partial charge >= 0.3 is 130 Å². The van der Waals surface area contributed by atoms with Crippen LogP contribution in [-0.4, -0.2) is 47.9 Å². The molecule has 0 aliphatic carbocycles. The Morgan fingerprint density at radius 3 is 2.54 bits per heavy atom. The number of carboxylic acids is 1. The Kier molecular flexibility index (Phi) is 7.98. The van der Waals surface area contributed by atoms with E-state index >= 15 is 0 Å². The smallest absolute Gasteiger partial charge is 0.481 e. The number of hydrogen-bond donors (Lipinski definition) is 2. The van der Waals surface area contributed by atoms with Crippen LogP contribution in [0.15, 0.2) is 18.5 Å². The first kappa shape index (κ1) is 20.3. The SMILES string of the molecule is Cc1ncc([C@@H](CCCCCCc2cc([As])nc(N)n2)CC(=O)O)cn1. The van der Waals surface area contributed by atoms with E-state index < -0.39 is 5.97 Å². The van der Waals surface area contributed by atoms with Crippen LogP contribution in [0.3, 0.4) is 0 Å². The van der Waals surface area contributed by atoms with Crippen LogP contribution in [0.2, 0.25) is 0 Å². The molecule has 3 N–H and O–H groups in total. The fourth-order valence-electron chi connectivity index (χ4n) is 2.89. The van der Waals surface area contributed by atoms with Crippen LogP contribution in [0.5, 0.6) is 0 Å². The standard InChI is InChI=1S/C18H24AsN5O2/c1-12-21-10-14(11-22-12)13(8-17(25)26)6-4-2-3-5-7-15-9-16(19)24-18(20)23-15/h9-11,13H,2-8H2,1H3,(H,25,26)(H2,20,23,24)/t13-/m0/s1. The van der Waals surface area contributed by atoms with Gasteiger partial charge in [0.2, 0.25) is 0 Å². The Labute approximate surface area is 162 Å². The number of carboxylic acid groups (broad SMARTS) is 1. The van der Waals surface area contributed by atoms with Gasteiger partial charge in [-0.15, -0.1) is 0 Å². The molecule has 0 bridgehead atoms. The first-order valence-corrected chi connectivity index (χ1v) is 9.70. The number of nitrogens with zero attached hydrogens (tertiary/aromatic N) is 4. The zero-order chi connectivity index (χ0) is 18.9. The molecule has 0 aliphatic heterocycles. The number of aliphatic carboxylic acids is 1. The van der Waals surface area contributed by atoms with E-state index in [-0.39, 0.29) is 12.3 Å². The third-order valence-corrected chi connectivity index (χ3v) is 4.69. The average molecular weight is 417 g/mol. The molecular weight excluding hydrogens is 393 g/mol. The van der Waals surface area contributed by atoms with Crippen molar-refractivity contribution in [2.75, 3.05) is 5.73 Å². The van der Waals surface area contributed by atoms with Gasteiger partial charge in [-0.1, -0.05) is 0 Å². The molecule has 2 radical (unpaired) electrons. The summed E-state index contributed by atoms with van der Waals surface area (Å²) in [6.07, 6.45) is 9.45. The number of aryl methyl sites for hydroxylation is 2. The van der Waals surface area contributed by atoms with Crippen molar-refractivity contribution in [3.63, 3.8) is 0 Å². The molecule has 2 heterocycles. The number of rotatable bonds is 10. The van der Waals surface area contributed by atoms with Gasteiger partial charge in [-0.25, -0.2) is 9.97 Å². The van der Waals surface area contributed by atoms with Gasteiger partial charge < -0.3 is 5.11 Å².